The number of ether oxygens (including phenoxy) is 1. The van der Waals surface area contributed by atoms with E-state index in [1.54, 1.807) is 12.1 Å². The molecule has 3 nitrogen and oxygen atoms in total. The number of alkyl halides is 2. The third-order valence-electron chi connectivity index (χ3n) is 3.84. The zero-order valence-electron chi connectivity index (χ0n) is 11.3. The fourth-order valence-electron chi connectivity index (χ4n) is 2.80. The van der Waals surface area contributed by atoms with Gasteiger partial charge in [0.05, 0.1) is 12.7 Å². The lowest BCUT2D eigenvalue weighted by atomic mass is 9.98. The van der Waals surface area contributed by atoms with Gasteiger partial charge >= 0.3 is 0 Å². The number of benzene rings is 1. The number of halogens is 2. The van der Waals surface area contributed by atoms with Crippen LogP contribution in [0.3, 0.4) is 0 Å². The van der Waals surface area contributed by atoms with Gasteiger partial charge in [-0.15, -0.1) is 0 Å². The SMILES string of the molecule is COc1ccc(C2CC(CN)CN2C)cc1C(F)F. The van der Waals surface area contributed by atoms with Crippen molar-refractivity contribution in [1.29, 1.82) is 0 Å². The molecule has 2 atom stereocenters. The molecule has 0 spiro atoms. The number of hydrogen-bond acceptors (Lipinski definition) is 3. The Morgan fingerprint density at radius 3 is 2.74 bits per heavy atom. The van der Waals surface area contributed by atoms with Crippen LogP contribution in [0.5, 0.6) is 5.75 Å². The fourth-order valence-corrected chi connectivity index (χ4v) is 2.80. The Balaban J connectivity index is 2.28. The molecule has 0 amide bonds. The molecule has 1 aromatic rings. The van der Waals surface area contributed by atoms with Gasteiger partial charge in [0.2, 0.25) is 0 Å². The molecule has 2 unspecified atom stereocenters. The number of hydrogen-bond donors (Lipinski definition) is 1. The van der Waals surface area contributed by atoms with Gasteiger partial charge in [-0.2, -0.15) is 0 Å². The van der Waals surface area contributed by atoms with Crippen molar-refractivity contribution in [2.24, 2.45) is 11.7 Å². The zero-order chi connectivity index (χ0) is 14.0. The maximum Gasteiger partial charge on any atom is 0.267 e. The van der Waals surface area contributed by atoms with Crippen LogP contribution in [0.15, 0.2) is 18.2 Å². The summed E-state index contributed by atoms with van der Waals surface area (Å²) in [5.41, 5.74) is 6.57. The van der Waals surface area contributed by atoms with E-state index >= 15 is 0 Å². The highest BCUT2D eigenvalue weighted by Gasteiger charge is 2.30. The molecule has 5 heteroatoms. The summed E-state index contributed by atoms with van der Waals surface area (Å²) in [4.78, 5) is 2.18. The van der Waals surface area contributed by atoms with E-state index in [4.69, 9.17) is 10.5 Å². The molecule has 0 saturated carbocycles. The standard InChI is InChI=1S/C14H20F2N2O/c1-18-8-9(7-17)5-12(18)10-3-4-13(19-2)11(6-10)14(15)16/h3-4,6,9,12,14H,5,7-8,17H2,1-2H3. The Labute approximate surface area is 112 Å². The van der Waals surface area contributed by atoms with Gasteiger partial charge < -0.3 is 10.5 Å². The summed E-state index contributed by atoms with van der Waals surface area (Å²) in [7, 11) is 3.42. The second-order valence-electron chi connectivity index (χ2n) is 5.09. The smallest absolute Gasteiger partial charge is 0.267 e. The predicted octanol–water partition coefficient (Wildman–Crippen LogP) is 2.58. The zero-order valence-corrected chi connectivity index (χ0v) is 11.3. The highest BCUT2D eigenvalue weighted by molar-refractivity contribution is 5.39. The third kappa shape index (κ3) is 2.87. The monoisotopic (exact) mass is 270 g/mol. The van der Waals surface area contributed by atoms with Crippen molar-refractivity contribution in [3.63, 3.8) is 0 Å². The first-order valence-corrected chi connectivity index (χ1v) is 6.43. The quantitative estimate of drug-likeness (QED) is 0.914. The second kappa shape index (κ2) is 5.84. The minimum absolute atomic E-state index is 0.0374. The lowest BCUT2D eigenvalue weighted by molar-refractivity contribution is 0.146. The highest BCUT2D eigenvalue weighted by atomic mass is 19.3. The molecule has 1 fully saturated rings. The average Bonchev–Trinajstić information content (AvgIpc) is 2.79. The van der Waals surface area contributed by atoms with Gasteiger partial charge in [-0.05, 0) is 43.6 Å². The average molecular weight is 270 g/mol. The maximum absolute atomic E-state index is 13.0. The van der Waals surface area contributed by atoms with Crippen LogP contribution in [-0.2, 0) is 0 Å². The molecule has 0 bridgehead atoms. The van der Waals surface area contributed by atoms with Crippen LogP contribution in [0.4, 0.5) is 8.78 Å². The summed E-state index contributed by atoms with van der Waals surface area (Å²) in [6.45, 7) is 1.55. The molecule has 1 aliphatic heterocycles. The first-order chi connectivity index (χ1) is 9.06. The molecular formula is C14H20F2N2O. The van der Waals surface area contributed by atoms with Crippen LogP contribution in [0, 0.1) is 5.92 Å². The molecule has 0 radical (unpaired) electrons. The number of methoxy groups -OCH3 is 1. The minimum atomic E-state index is -2.52. The van der Waals surface area contributed by atoms with E-state index in [1.165, 1.54) is 7.11 Å². The molecule has 2 rings (SSSR count). The number of likely N-dealkylation sites (tertiary alicyclic amines) is 1. The second-order valence-corrected chi connectivity index (χ2v) is 5.09. The topological polar surface area (TPSA) is 38.5 Å². The van der Waals surface area contributed by atoms with Gasteiger partial charge in [-0.25, -0.2) is 8.78 Å². The minimum Gasteiger partial charge on any atom is -0.496 e. The molecule has 1 aliphatic rings. The molecule has 19 heavy (non-hydrogen) atoms. The fraction of sp³-hybridized carbons (Fsp3) is 0.571. The molecular weight excluding hydrogens is 250 g/mol. The van der Waals surface area contributed by atoms with Gasteiger partial charge in [0.15, 0.2) is 0 Å². The van der Waals surface area contributed by atoms with Crippen LogP contribution in [-0.4, -0.2) is 32.1 Å². The van der Waals surface area contributed by atoms with Gasteiger partial charge in [0, 0.05) is 12.6 Å². The van der Waals surface area contributed by atoms with Crippen LogP contribution in [0.25, 0.3) is 0 Å². The van der Waals surface area contributed by atoms with E-state index in [0.717, 1.165) is 18.5 Å². The van der Waals surface area contributed by atoms with E-state index in [9.17, 15) is 8.78 Å². The summed E-state index contributed by atoms with van der Waals surface area (Å²) < 4.78 is 31.0. The molecule has 0 aromatic heterocycles. The first-order valence-electron chi connectivity index (χ1n) is 6.43. The Kier molecular flexibility index (Phi) is 4.37. The molecule has 1 heterocycles. The maximum atomic E-state index is 13.0. The van der Waals surface area contributed by atoms with Gasteiger partial charge in [0.25, 0.3) is 6.43 Å². The van der Waals surface area contributed by atoms with E-state index < -0.39 is 6.43 Å². The number of nitrogens with zero attached hydrogens (tertiary/aromatic N) is 1. The Morgan fingerprint density at radius 1 is 1.47 bits per heavy atom. The number of rotatable bonds is 4. The summed E-state index contributed by atoms with van der Waals surface area (Å²) in [6, 6.07) is 5.21. The molecule has 106 valence electrons. The van der Waals surface area contributed by atoms with Crippen molar-refractivity contribution in [3.05, 3.63) is 29.3 Å². The molecule has 0 aliphatic carbocycles. The molecule has 1 aromatic carbocycles. The predicted molar refractivity (Wildman–Crippen MR) is 70.5 cm³/mol. The largest absolute Gasteiger partial charge is 0.496 e. The van der Waals surface area contributed by atoms with Crippen LogP contribution < -0.4 is 10.5 Å². The van der Waals surface area contributed by atoms with Crippen molar-refractivity contribution >= 4 is 0 Å². The molecule has 1 saturated heterocycles. The van der Waals surface area contributed by atoms with E-state index in [2.05, 4.69) is 4.90 Å². The Bertz CT molecular complexity index is 439. The Morgan fingerprint density at radius 2 is 2.21 bits per heavy atom. The van der Waals surface area contributed by atoms with Gasteiger partial charge in [-0.3, -0.25) is 4.90 Å². The van der Waals surface area contributed by atoms with E-state index in [0.29, 0.717) is 12.5 Å². The first kappa shape index (κ1) is 14.2. The Hall–Kier alpha value is -1.20. The highest BCUT2D eigenvalue weighted by Crippen LogP contribution is 2.37. The summed E-state index contributed by atoms with van der Waals surface area (Å²) in [5, 5.41) is 0. The van der Waals surface area contributed by atoms with Crippen molar-refractivity contribution in [2.75, 3.05) is 27.2 Å². The van der Waals surface area contributed by atoms with Crippen molar-refractivity contribution in [3.8, 4) is 5.75 Å². The lowest BCUT2D eigenvalue weighted by Gasteiger charge is -2.21. The van der Waals surface area contributed by atoms with Crippen molar-refractivity contribution in [2.45, 2.75) is 18.9 Å². The number of nitrogens with two attached hydrogens (primary N) is 1. The summed E-state index contributed by atoms with van der Waals surface area (Å²) in [5.74, 6) is 0.682. The van der Waals surface area contributed by atoms with Gasteiger partial charge in [-0.1, -0.05) is 6.07 Å². The van der Waals surface area contributed by atoms with Crippen LogP contribution >= 0.6 is 0 Å². The summed E-state index contributed by atoms with van der Waals surface area (Å²) >= 11 is 0. The van der Waals surface area contributed by atoms with E-state index in [-0.39, 0.29) is 17.4 Å². The van der Waals surface area contributed by atoms with Crippen LogP contribution in [0.2, 0.25) is 0 Å². The normalized spacial score (nSPS) is 24.1. The lowest BCUT2D eigenvalue weighted by Crippen LogP contribution is -2.20. The van der Waals surface area contributed by atoms with Crippen LogP contribution in [0.1, 0.15) is 30.0 Å². The molecule has 2 N–H and O–H groups in total. The van der Waals surface area contributed by atoms with Crippen molar-refractivity contribution in [1.82, 2.24) is 4.90 Å². The van der Waals surface area contributed by atoms with Crippen molar-refractivity contribution < 1.29 is 13.5 Å². The third-order valence-corrected chi connectivity index (χ3v) is 3.84. The van der Waals surface area contributed by atoms with Gasteiger partial charge in [0.1, 0.15) is 5.75 Å². The summed E-state index contributed by atoms with van der Waals surface area (Å²) in [6.07, 6.45) is -1.60. The van der Waals surface area contributed by atoms with E-state index in [1.807, 2.05) is 13.1 Å².